The first-order valence-electron chi connectivity index (χ1n) is 12.5. The largest absolute Gasteiger partial charge is 0.0654 e. The van der Waals surface area contributed by atoms with Crippen LogP contribution in [0.5, 0.6) is 0 Å². The van der Waals surface area contributed by atoms with Crippen molar-refractivity contribution in [2.45, 2.75) is 103 Å². The normalized spacial score (nSPS) is 18.5. The Kier molecular flexibility index (Phi) is 6.47. The Balaban J connectivity index is 1.75. The summed E-state index contributed by atoms with van der Waals surface area (Å²) < 4.78 is 0. The zero-order valence-corrected chi connectivity index (χ0v) is 19.0. The van der Waals surface area contributed by atoms with Crippen LogP contribution in [-0.4, -0.2) is 0 Å². The Morgan fingerprint density at radius 3 is 2.00 bits per heavy atom. The molecule has 0 nitrogen and oxygen atoms in total. The van der Waals surface area contributed by atoms with E-state index in [1.54, 1.807) is 27.8 Å². The van der Waals surface area contributed by atoms with E-state index in [1.807, 2.05) is 0 Å². The van der Waals surface area contributed by atoms with Gasteiger partial charge in [0.2, 0.25) is 0 Å². The fourth-order valence-corrected chi connectivity index (χ4v) is 6.16. The summed E-state index contributed by atoms with van der Waals surface area (Å²) in [5.41, 5.74) is 9.96. The maximum Gasteiger partial charge on any atom is 0.0215 e. The van der Waals surface area contributed by atoms with Crippen LogP contribution in [0.15, 0.2) is 36.4 Å². The van der Waals surface area contributed by atoms with Gasteiger partial charge in [-0.3, -0.25) is 0 Å². The van der Waals surface area contributed by atoms with Crippen molar-refractivity contribution in [2.75, 3.05) is 0 Å². The molecule has 0 heteroatoms. The summed E-state index contributed by atoms with van der Waals surface area (Å²) in [4.78, 5) is 0. The lowest BCUT2D eigenvalue weighted by Crippen LogP contribution is -2.25. The molecule has 0 bridgehead atoms. The first-order valence-corrected chi connectivity index (χ1v) is 12.5. The lowest BCUT2D eigenvalue weighted by molar-refractivity contribution is 0.400. The number of hydrogen-bond donors (Lipinski definition) is 0. The molecule has 2 aromatic rings. The molecule has 1 atom stereocenters. The van der Waals surface area contributed by atoms with Gasteiger partial charge in [-0.15, -0.1) is 0 Å². The molecule has 2 aliphatic rings. The topological polar surface area (TPSA) is 0 Å². The van der Waals surface area contributed by atoms with Gasteiger partial charge in [-0.05, 0) is 65.0 Å². The molecule has 4 rings (SSSR count). The summed E-state index contributed by atoms with van der Waals surface area (Å²) in [5.74, 6) is 0.811. The van der Waals surface area contributed by atoms with Crippen LogP contribution in [0.25, 0.3) is 11.1 Å². The Morgan fingerprint density at radius 1 is 0.724 bits per heavy atom. The van der Waals surface area contributed by atoms with Crippen LogP contribution >= 0.6 is 0 Å². The van der Waals surface area contributed by atoms with Crippen LogP contribution in [-0.2, 0) is 18.3 Å². The molecule has 0 fully saturated rings. The number of hydrogen-bond acceptors (Lipinski definition) is 0. The second kappa shape index (κ2) is 9.07. The molecule has 0 aliphatic heterocycles. The van der Waals surface area contributed by atoms with Crippen molar-refractivity contribution >= 4 is 0 Å². The van der Waals surface area contributed by atoms with E-state index in [0.29, 0.717) is 0 Å². The smallest absolute Gasteiger partial charge is 0.0215 e. The SMILES string of the molecule is CCCCCCC1(CCCCCC)c2ccccc2-c2cc3c(cc21)CC(C)C3. The predicted octanol–water partition coefficient (Wildman–Crippen LogP) is 8.63. The van der Waals surface area contributed by atoms with Crippen molar-refractivity contribution in [3.8, 4) is 11.1 Å². The second-order valence-electron chi connectivity index (χ2n) is 9.93. The maximum atomic E-state index is 2.66. The van der Waals surface area contributed by atoms with Crippen molar-refractivity contribution in [1.29, 1.82) is 0 Å². The van der Waals surface area contributed by atoms with E-state index in [-0.39, 0.29) is 5.41 Å². The first-order chi connectivity index (χ1) is 14.2. The van der Waals surface area contributed by atoms with Gasteiger partial charge in [-0.25, -0.2) is 0 Å². The van der Waals surface area contributed by atoms with E-state index in [1.165, 1.54) is 82.6 Å². The van der Waals surface area contributed by atoms with E-state index < -0.39 is 0 Å². The van der Waals surface area contributed by atoms with E-state index in [9.17, 15) is 0 Å². The molecule has 0 heterocycles. The third-order valence-electron chi connectivity index (χ3n) is 7.64. The number of rotatable bonds is 10. The molecule has 0 spiro atoms. The van der Waals surface area contributed by atoms with Crippen LogP contribution in [0, 0.1) is 5.92 Å². The number of unbranched alkanes of at least 4 members (excludes halogenated alkanes) is 6. The van der Waals surface area contributed by atoms with Gasteiger partial charge in [0.25, 0.3) is 0 Å². The van der Waals surface area contributed by atoms with Gasteiger partial charge in [0.05, 0.1) is 0 Å². The monoisotopic (exact) mass is 388 g/mol. The van der Waals surface area contributed by atoms with E-state index in [4.69, 9.17) is 0 Å². The molecule has 1 unspecified atom stereocenters. The highest BCUT2D eigenvalue weighted by Crippen LogP contribution is 2.55. The standard InChI is InChI=1S/C29H40/c1-4-6-8-12-16-29(17-13-9-7-5-2)27-15-11-10-14-25(27)26-20-23-18-22(3)19-24(23)21-28(26)29/h10-11,14-15,20-22H,4-9,12-13,16-19H2,1-3H3. The molecule has 0 amide bonds. The van der Waals surface area contributed by atoms with Crippen LogP contribution < -0.4 is 0 Å². The molecule has 0 radical (unpaired) electrons. The molecular formula is C29H40. The molecule has 0 N–H and O–H groups in total. The molecule has 0 saturated carbocycles. The van der Waals surface area contributed by atoms with Crippen molar-refractivity contribution < 1.29 is 0 Å². The Bertz CT molecular complexity index is 816. The zero-order chi connectivity index (χ0) is 20.3. The Labute approximate surface area is 179 Å². The van der Waals surface area contributed by atoms with Gasteiger partial charge in [-0.1, -0.05) is 109 Å². The molecule has 29 heavy (non-hydrogen) atoms. The highest BCUT2D eigenvalue weighted by atomic mass is 14.5. The molecular weight excluding hydrogens is 348 g/mol. The van der Waals surface area contributed by atoms with Gasteiger partial charge < -0.3 is 0 Å². The summed E-state index contributed by atoms with van der Waals surface area (Å²) in [6.07, 6.45) is 16.1. The fraction of sp³-hybridized carbons (Fsp3) is 0.586. The maximum absolute atomic E-state index is 2.66. The van der Waals surface area contributed by atoms with Crippen molar-refractivity contribution in [3.05, 3.63) is 58.7 Å². The van der Waals surface area contributed by atoms with Crippen LogP contribution in [0.2, 0.25) is 0 Å². The third-order valence-corrected chi connectivity index (χ3v) is 7.64. The van der Waals surface area contributed by atoms with E-state index in [0.717, 1.165) is 5.92 Å². The van der Waals surface area contributed by atoms with Crippen molar-refractivity contribution in [2.24, 2.45) is 5.92 Å². The number of fused-ring (bicyclic) bond motifs is 4. The lowest BCUT2D eigenvalue weighted by Gasteiger charge is -2.33. The lowest BCUT2D eigenvalue weighted by atomic mass is 9.70. The van der Waals surface area contributed by atoms with Gasteiger partial charge in [0, 0.05) is 5.41 Å². The third kappa shape index (κ3) is 3.92. The molecule has 156 valence electrons. The van der Waals surface area contributed by atoms with Gasteiger partial charge >= 0.3 is 0 Å². The zero-order valence-electron chi connectivity index (χ0n) is 19.0. The summed E-state index contributed by atoms with van der Waals surface area (Å²) in [7, 11) is 0. The quantitative estimate of drug-likeness (QED) is 0.357. The van der Waals surface area contributed by atoms with Gasteiger partial charge in [0.1, 0.15) is 0 Å². The van der Waals surface area contributed by atoms with Crippen molar-refractivity contribution in [3.63, 3.8) is 0 Å². The molecule has 2 aromatic carbocycles. The predicted molar refractivity (Wildman–Crippen MR) is 127 cm³/mol. The molecule has 0 aromatic heterocycles. The van der Waals surface area contributed by atoms with Crippen LogP contribution in [0.1, 0.15) is 107 Å². The summed E-state index contributed by atoms with van der Waals surface area (Å²) in [6, 6.07) is 14.7. The van der Waals surface area contributed by atoms with Crippen molar-refractivity contribution in [1.82, 2.24) is 0 Å². The Morgan fingerprint density at radius 2 is 1.34 bits per heavy atom. The summed E-state index contributed by atoms with van der Waals surface area (Å²) in [5, 5.41) is 0. The minimum atomic E-state index is 0.258. The van der Waals surface area contributed by atoms with Crippen LogP contribution in [0.4, 0.5) is 0 Å². The van der Waals surface area contributed by atoms with E-state index >= 15 is 0 Å². The van der Waals surface area contributed by atoms with Crippen LogP contribution in [0.3, 0.4) is 0 Å². The summed E-state index contributed by atoms with van der Waals surface area (Å²) in [6.45, 7) is 7.07. The number of benzene rings is 2. The Hall–Kier alpha value is -1.56. The molecule has 2 aliphatic carbocycles. The second-order valence-corrected chi connectivity index (χ2v) is 9.93. The average Bonchev–Trinajstić information content (AvgIpc) is 3.22. The minimum Gasteiger partial charge on any atom is -0.0654 e. The highest BCUT2D eigenvalue weighted by molar-refractivity contribution is 5.82. The minimum absolute atomic E-state index is 0.258. The van der Waals surface area contributed by atoms with Gasteiger partial charge in [0.15, 0.2) is 0 Å². The van der Waals surface area contributed by atoms with E-state index in [2.05, 4.69) is 57.2 Å². The highest BCUT2D eigenvalue weighted by Gasteiger charge is 2.42. The fourth-order valence-electron chi connectivity index (χ4n) is 6.16. The first kappa shape index (κ1) is 20.7. The average molecular weight is 389 g/mol. The molecule has 0 saturated heterocycles. The summed E-state index contributed by atoms with van der Waals surface area (Å²) >= 11 is 0. The van der Waals surface area contributed by atoms with Gasteiger partial charge in [-0.2, -0.15) is 0 Å².